The summed E-state index contributed by atoms with van der Waals surface area (Å²) in [6.45, 7) is 1.79. The van der Waals surface area contributed by atoms with Crippen molar-refractivity contribution in [2.75, 3.05) is 12.4 Å². The van der Waals surface area contributed by atoms with Crippen LogP contribution in [0.25, 0.3) is 22.1 Å². The van der Waals surface area contributed by atoms with Gasteiger partial charge in [0.1, 0.15) is 0 Å². The molecule has 128 valence electrons. The average Bonchev–Trinajstić information content (AvgIpc) is 2.96. The molecule has 0 fully saturated rings. The van der Waals surface area contributed by atoms with E-state index in [1.807, 2.05) is 18.2 Å². The first-order valence-corrected chi connectivity index (χ1v) is 7.54. The number of methoxy groups -OCH3 is 1. The Labute approximate surface area is 143 Å². The van der Waals surface area contributed by atoms with Crippen LogP contribution in [0.1, 0.15) is 11.3 Å². The Bertz CT molecular complexity index is 944. The molecule has 1 aromatic heterocycles. The highest BCUT2D eigenvalue weighted by atomic mass is 16.5. The quantitative estimate of drug-likeness (QED) is 0.752. The molecule has 0 aliphatic carbocycles. The van der Waals surface area contributed by atoms with Gasteiger partial charge in [-0.1, -0.05) is 29.4 Å². The predicted octanol–water partition coefficient (Wildman–Crippen LogP) is 3.61. The van der Waals surface area contributed by atoms with Crippen LogP contribution in [0.2, 0.25) is 0 Å². The zero-order valence-electron chi connectivity index (χ0n) is 13.7. The standard InChI is InChI=1S/C18H16N2O5/c1-10-17-14(19-18(23)24-2)8-13(9-15(17)25-20-10)12-5-3-11(4-6-12)7-16(21)22/h3-6,8-9H,7H2,1-2H3,(H,19,23)(H,21,22). The molecule has 3 rings (SSSR count). The first-order chi connectivity index (χ1) is 12.0. The molecule has 0 aliphatic rings. The van der Waals surface area contributed by atoms with Crippen LogP contribution in [-0.2, 0) is 16.0 Å². The van der Waals surface area contributed by atoms with E-state index in [4.69, 9.17) is 9.63 Å². The van der Waals surface area contributed by atoms with E-state index in [9.17, 15) is 9.59 Å². The first-order valence-electron chi connectivity index (χ1n) is 7.54. The van der Waals surface area contributed by atoms with E-state index >= 15 is 0 Å². The lowest BCUT2D eigenvalue weighted by molar-refractivity contribution is -0.136. The second kappa shape index (κ2) is 6.64. The zero-order chi connectivity index (χ0) is 18.0. The van der Waals surface area contributed by atoms with E-state index in [1.165, 1.54) is 7.11 Å². The number of nitrogens with zero attached hydrogens (tertiary/aromatic N) is 1. The number of aryl methyl sites for hydroxylation is 1. The Morgan fingerprint density at radius 3 is 2.56 bits per heavy atom. The van der Waals surface area contributed by atoms with Gasteiger partial charge in [0.05, 0.1) is 30.3 Å². The highest BCUT2D eigenvalue weighted by Crippen LogP contribution is 2.33. The van der Waals surface area contributed by atoms with E-state index in [-0.39, 0.29) is 6.42 Å². The van der Waals surface area contributed by atoms with Gasteiger partial charge in [-0.15, -0.1) is 0 Å². The molecule has 0 spiro atoms. The molecule has 0 aliphatic heterocycles. The molecule has 2 N–H and O–H groups in total. The van der Waals surface area contributed by atoms with Crippen molar-refractivity contribution < 1.29 is 24.0 Å². The number of aromatic nitrogens is 1. The SMILES string of the molecule is COC(=O)Nc1cc(-c2ccc(CC(=O)O)cc2)cc2onc(C)c12. The molecule has 0 unspecified atom stereocenters. The van der Waals surface area contributed by atoms with Crippen LogP contribution in [-0.4, -0.2) is 29.4 Å². The predicted molar refractivity (Wildman–Crippen MR) is 91.5 cm³/mol. The first kappa shape index (κ1) is 16.5. The van der Waals surface area contributed by atoms with Crippen LogP contribution >= 0.6 is 0 Å². The van der Waals surface area contributed by atoms with Crippen LogP contribution in [0.3, 0.4) is 0 Å². The molecule has 0 bridgehead atoms. The average molecular weight is 340 g/mol. The van der Waals surface area contributed by atoms with Gasteiger partial charge in [0.25, 0.3) is 0 Å². The molecule has 7 nitrogen and oxygen atoms in total. The van der Waals surface area contributed by atoms with E-state index in [0.717, 1.165) is 11.1 Å². The molecule has 0 atom stereocenters. The molecule has 7 heteroatoms. The van der Waals surface area contributed by atoms with Gasteiger partial charge >= 0.3 is 12.1 Å². The summed E-state index contributed by atoms with van der Waals surface area (Å²) in [4.78, 5) is 22.4. The molecule has 3 aromatic rings. The van der Waals surface area contributed by atoms with E-state index in [1.54, 1.807) is 25.1 Å². The van der Waals surface area contributed by atoms with Crippen molar-refractivity contribution in [3.8, 4) is 11.1 Å². The van der Waals surface area contributed by atoms with E-state index in [2.05, 4.69) is 15.2 Å². The number of carbonyl (C=O) groups is 2. The second-order valence-electron chi connectivity index (χ2n) is 5.55. The van der Waals surface area contributed by atoms with Crippen molar-refractivity contribution in [2.45, 2.75) is 13.3 Å². The molecule has 0 radical (unpaired) electrons. The molecule has 0 saturated carbocycles. The zero-order valence-corrected chi connectivity index (χ0v) is 13.7. The maximum Gasteiger partial charge on any atom is 0.411 e. The summed E-state index contributed by atoms with van der Waals surface area (Å²) in [6, 6.07) is 10.8. The smallest absolute Gasteiger partial charge is 0.411 e. The summed E-state index contributed by atoms with van der Waals surface area (Å²) in [7, 11) is 1.29. The van der Waals surface area contributed by atoms with Gasteiger partial charge in [-0.05, 0) is 35.7 Å². The number of anilines is 1. The molecule has 1 amide bonds. The number of carboxylic acids is 1. The number of nitrogens with one attached hydrogen (secondary N) is 1. The second-order valence-corrected chi connectivity index (χ2v) is 5.55. The Morgan fingerprint density at radius 1 is 1.20 bits per heavy atom. The van der Waals surface area contributed by atoms with Gasteiger partial charge in [-0.25, -0.2) is 4.79 Å². The fourth-order valence-corrected chi connectivity index (χ4v) is 2.64. The number of hydrogen-bond acceptors (Lipinski definition) is 5. The maximum atomic E-state index is 11.6. The number of hydrogen-bond donors (Lipinski definition) is 2. The van der Waals surface area contributed by atoms with Gasteiger partial charge in [0, 0.05) is 0 Å². The fourth-order valence-electron chi connectivity index (χ4n) is 2.64. The van der Waals surface area contributed by atoms with Crippen molar-refractivity contribution in [3.63, 3.8) is 0 Å². The van der Waals surface area contributed by atoms with E-state index in [0.29, 0.717) is 27.9 Å². The molecular formula is C18H16N2O5. The van der Waals surface area contributed by atoms with Crippen molar-refractivity contribution in [3.05, 3.63) is 47.7 Å². The summed E-state index contributed by atoms with van der Waals surface area (Å²) in [5, 5.41) is 16.2. The number of fused-ring (bicyclic) bond motifs is 1. The lowest BCUT2D eigenvalue weighted by Crippen LogP contribution is -2.11. The number of aliphatic carboxylic acids is 1. The van der Waals surface area contributed by atoms with Crippen LogP contribution in [0.5, 0.6) is 0 Å². The minimum Gasteiger partial charge on any atom is -0.481 e. The fraction of sp³-hybridized carbons (Fsp3) is 0.167. The van der Waals surface area contributed by atoms with Crippen molar-refractivity contribution in [1.29, 1.82) is 0 Å². The summed E-state index contributed by atoms with van der Waals surface area (Å²) >= 11 is 0. The molecule has 0 saturated heterocycles. The van der Waals surface area contributed by atoms with Crippen molar-refractivity contribution in [1.82, 2.24) is 5.16 Å². The molecule has 1 heterocycles. The van der Waals surface area contributed by atoms with Crippen molar-refractivity contribution >= 4 is 28.7 Å². The van der Waals surface area contributed by atoms with Gasteiger partial charge in [-0.3, -0.25) is 10.1 Å². The van der Waals surface area contributed by atoms with Crippen LogP contribution in [0.4, 0.5) is 10.5 Å². The minimum atomic E-state index is -0.879. The van der Waals surface area contributed by atoms with Gasteiger partial charge in [-0.2, -0.15) is 0 Å². The summed E-state index contributed by atoms with van der Waals surface area (Å²) in [5.41, 5.74) is 4.10. The van der Waals surface area contributed by atoms with Crippen LogP contribution in [0, 0.1) is 6.92 Å². The Kier molecular flexibility index (Phi) is 4.38. The monoisotopic (exact) mass is 340 g/mol. The molecule has 25 heavy (non-hydrogen) atoms. The summed E-state index contributed by atoms with van der Waals surface area (Å²) < 4.78 is 9.98. The number of carbonyl (C=O) groups excluding carboxylic acids is 1. The Hall–Kier alpha value is -3.35. The van der Waals surface area contributed by atoms with Crippen molar-refractivity contribution in [2.24, 2.45) is 0 Å². The van der Waals surface area contributed by atoms with Crippen LogP contribution in [0.15, 0.2) is 40.9 Å². The van der Waals surface area contributed by atoms with Crippen LogP contribution < -0.4 is 5.32 Å². The minimum absolute atomic E-state index is 0.0320. The number of ether oxygens (including phenoxy) is 1. The largest absolute Gasteiger partial charge is 0.481 e. The third-order valence-corrected chi connectivity index (χ3v) is 3.81. The normalized spacial score (nSPS) is 10.6. The number of benzene rings is 2. The van der Waals surface area contributed by atoms with Gasteiger partial charge < -0.3 is 14.4 Å². The maximum absolute atomic E-state index is 11.6. The number of amides is 1. The summed E-state index contributed by atoms with van der Waals surface area (Å²) in [5.74, 6) is -0.879. The summed E-state index contributed by atoms with van der Waals surface area (Å²) in [6.07, 6.45) is -0.619. The lowest BCUT2D eigenvalue weighted by atomic mass is 10.0. The topological polar surface area (TPSA) is 102 Å². The number of rotatable bonds is 4. The third kappa shape index (κ3) is 3.45. The van der Waals surface area contributed by atoms with Gasteiger partial charge in [0.2, 0.25) is 0 Å². The molecule has 2 aromatic carbocycles. The van der Waals surface area contributed by atoms with E-state index < -0.39 is 12.1 Å². The Balaban J connectivity index is 2.04. The molecular weight excluding hydrogens is 324 g/mol. The highest BCUT2D eigenvalue weighted by molar-refractivity contribution is 6.01. The lowest BCUT2D eigenvalue weighted by Gasteiger charge is -2.09. The highest BCUT2D eigenvalue weighted by Gasteiger charge is 2.15. The Morgan fingerprint density at radius 2 is 1.92 bits per heavy atom. The number of carboxylic acid groups (broad SMARTS) is 1. The van der Waals surface area contributed by atoms with Gasteiger partial charge in [0.15, 0.2) is 5.58 Å². The third-order valence-electron chi connectivity index (χ3n) is 3.81.